The zero-order valence-electron chi connectivity index (χ0n) is 12.3. The van der Waals surface area contributed by atoms with Crippen molar-refractivity contribution < 1.29 is 4.74 Å². The molecule has 0 amide bonds. The van der Waals surface area contributed by atoms with Crippen LogP contribution in [0.15, 0.2) is 48.2 Å². The van der Waals surface area contributed by atoms with E-state index in [1.54, 1.807) is 0 Å². The van der Waals surface area contributed by atoms with Gasteiger partial charge in [-0.25, -0.2) is 0 Å². The first-order valence-electron chi connectivity index (χ1n) is 7.60. The van der Waals surface area contributed by atoms with Crippen molar-refractivity contribution in [3.8, 4) is 5.75 Å². The van der Waals surface area contributed by atoms with Gasteiger partial charge in [0.2, 0.25) is 0 Å². The monoisotopic (exact) mass is 280 g/mol. The van der Waals surface area contributed by atoms with Crippen LogP contribution in [0.2, 0.25) is 0 Å². The third-order valence-corrected chi connectivity index (χ3v) is 4.51. The van der Waals surface area contributed by atoms with Crippen molar-refractivity contribution in [1.82, 2.24) is 4.90 Å². The Morgan fingerprint density at radius 1 is 1.24 bits per heavy atom. The standard InChI is InChI=1S/C18H20N2O/c1-19-10-11-21-18-13-14(5-6-17(18)19)12-15-7-9-20-8-3-2-4-16(15)20/h2-6,8,12-13,16H,7,9-11H2,1H3/b15-12+. The van der Waals surface area contributed by atoms with Crippen molar-refractivity contribution in [2.75, 3.05) is 31.6 Å². The van der Waals surface area contributed by atoms with Crippen molar-refractivity contribution in [1.29, 1.82) is 0 Å². The van der Waals surface area contributed by atoms with E-state index in [1.807, 2.05) is 0 Å². The van der Waals surface area contributed by atoms with E-state index in [2.05, 4.69) is 65.6 Å². The maximum absolute atomic E-state index is 5.80. The van der Waals surface area contributed by atoms with Crippen LogP contribution in [0.3, 0.4) is 0 Å². The second-order valence-corrected chi connectivity index (χ2v) is 5.88. The number of benzene rings is 1. The zero-order chi connectivity index (χ0) is 14.2. The summed E-state index contributed by atoms with van der Waals surface area (Å²) in [5.74, 6) is 1.01. The molecule has 3 nitrogen and oxygen atoms in total. The normalized spacial score (nSPS) is 25.0. The molecule has 1 aromatic carbocycles. The molecule has 1 saturated heterocycles. The molecule has 3 aliphatic heterocycles. The molecule has 3 aliphatic rings. The van der Waals surface area contributed by atoms with Gasteiger partial charge in [-0.1, -0.05) is 24.3 Å². The van der Waals surface area contributed by atoms with E-state index in [9.17, 15) is 0 Å². The number of likely N-dealkylation sites (N-methyl/N-ethyl adjacent to an activating group) is 1. The molecule has 1 unspecified atom stereocenters. The Morgan fingerprint density at radius 3 is 3.14 bits per heavy atom. The molecule has 1 aromatic rings. The quantitative estimate of drug-likeness (QED) is 0.786. The van der Waals surface area contributed by atoms with Crippen LogP contribution >= 0.6 is 0 Å². The fourth-order valence-electron chi connectivity index (χ4n) is 3.33. The summed E-state index contributed by atoms with van der Waals surface area (Å²) >= 11 is 0. The molecular weight excluding hydrogens is 260 g/mol. The molecular formula is C18H20N2O. The lowest BCUT2D eigenvalue weighted by Crippen LogP contribution is -2.28. The second-order valence-electron chi connectivity index (χ2n) is 5.88. The first-order chi connectivity index (χ1) is 10.3. The number of anilines is 1. The summed E-state index contributed by atoms with van der Waals surface area (Å²) in [6.07, 6.45) is 12.2. The third kappa shape index (κ3) is 2.23. The van der Waals surface area contributed by atoms with Crippen molar-refractivity contribution in [2.24, 2.45) is 0 Å². The summed E-state index contributed by atoms with van der Waals surface area (Å²) in [4.78, 5) is 4.65. The Morgan fingerprint density at radius 2 is 2.19 bits per heavy atom. The summed E-state index contributed by atoms with van der Waals surface area (Å²) in [5, 5.41) is 0. The highest BCUT2D eigenvalue weighted by atomic mass is 16.5. The fraction of sp³-hybridized carbons (Fsp3) is 0.333. The van der Waals surface area contributed by atoms with Gasteiger partial charge in [-0.05, 0) is 42.0 Å². The van der Waals surface area contributed by atoms with Crippen LogP contribution in [0, 0.1) is 0 Å². The van der Waals surface area contributed by atoms with Crippen LogP contribution in [0.1, 0.15) is 12.0 Å². The number of fused-ring (bicyclic) bond motifs is 2. The van der Waals surface area contributed by atoms with Gasteiger partial charge in [0.05, 0.1) is 18.3 Å². The maximum atomic E-state index is 5.80. The van der Waals surface area contributed by atoms with Crippen LogP contribution in [0.5, 0.6) is 5.75 Å². The van der Waals surface area contributed by atoms with Gasteiger partial charge >= 0.3 is 0 Å². The largest absolute Gasteiger partial charge is 0.490 e. The first kappa shape index (κ1) is 12.6. The van der Waals surface area contributed by atoms with Gasteiger partial charge < -0.3 is 14.5 Å². The lowest BCUT2D eigenvalue weighted by Gasteiger charge is -2.28. The molecule has 0 spiro atoms. The van der Waals surface area contributed by atoms with Crippen LogP contribution < -0.4 is 9.64 Å². The van der Waals surface area contributed by atoms with Gasteiger partial charge in [-0.15, -0.1) is 0 Å². The van der Waals surface area contributed by atoms with Crippen molar-refractivity contribution in [3.05, 3.63) is 53.8 Å². The Bertz CT molecular complexity index is 645. The predicted octanol–water partition coefficient (Wildman–Crippen LogP) is 3.06. The molecule has 1 atom stereocenters. The zero-order valence-corrected chi connectivity index (χ0v) is 12.3. The molecule has 21 heavy (non-hydrogen) atoms. The Labute approximate surface area is 125 Å². The van der Waals surface area contributed by atoms with Crippen LogP contribution in [-0.2, 0) is 0 Å². The Balaban J connectivity index is 1.64. The predicted molar refractivity (Wildman–Crippen MR) is 86.6 cm³/mol. The molecule has 108 valence electrons. The molecule has 0 saturated carbocycles. The lowest BCUT2D eigenvalue weighted by atomic mass is 10.0. The SMILES string of the molecule is CN1CCOc2cc(/C=C3\CCN4C=CC=CC34)ccc21. The Kier molecular flexibility index (Phi) is 2.99. The highest BCUT2D eigenvalue weighted by Gasteiger charge is 2.25. The minimum absolute atomic E-state index is 0.439. The number of ether oxygens (including phenoxy) is 1. The minimum Gasteiger partial charge on any atom is -0.490 e. The number of rotatable bonds is 1. The van der Waals surface area contributed by atoms with Crippen molar-refractivity contribution in [2.45, 2.75) is 12.5 Å². The number of nitrogens with zero attached hydrogens (tertiary/aromatic N) is 2. The molecule has 0 radical (unpaired) electrons. The van der Waals surface area contributed by atoms with Gasteiger partial charge in [0.25, 0.3) is 0 Å². The van der Waals surface area contributed by atoms with E-state index in [4.69, 9.17) is 4.74 Å². The smallest absolute Gasteiger partial charge is 0.143 e. The second kappa shape index (κ2) is 4.99. The molecule has 1 fully saturated rings. The van der Waals surface area contributed by atoms with E-state index in [1.165, 1.54) is 16.8 Å². The number of allylic oxidation sites excluding steroid dienone is 2. The minimum atomic E-state index is 0.439. The van der Waals surface area contributed by atoms with Crippen molar-refractivity contribution in [3.63, 3.8) is 0 Å². The topological polar surface area (TPSA) is 15.7 Å². The molecule has 3 heterocycles. The molecule has 0 N–H and O–H groups in total. The van der Waals surface area contributed by atoms with Crippen LogP contribution in [0.25, 0.3) is 6.08 Å². The van der Waals surface area contributed by atoms with Gasteiger partial charge in [0, 0.05) is 13.6 Å². The molecule has 4 rings (SSSR count). The summed E-state index contributed by atoms with van der Waals surface area (Å²) in [6, 6.07) is 6.98. The third-order valence-electron chi connectivity index (χ3n) is 4.51. The molecule has 0 aliphatic carbocycles. The molecule has 0 bridgehead atoms. The van der Waals surface area contributed by atoms with Crippen LogP contribution in [-0.4, -0.2) is 37.7 Å². The van der Waals surface area contributed by atoms with E-state index in [0.29, 0.717) is 6.04 Å². The number of hydrogen-bond acceptors (Lipinski definition) is 3. The summed E-state index contributed by atoms with van der Waals surface area (Å²) in [7, 11) is 2.12. The van der Waals surface area contributed by atoms with Gasteiger partial charge in [-0.3, -0.25) is 0 Å². The molecule has 0 aromatic heterocycles. The summed E-state index contributed by atoms with van der Waals surface area (Å²) in [5.41, 5.74) is 3.92. The van der Waals surface area contributed by atoms with Gasteiger partial charge in [0.1, 0.15) is 12.4 Å². The van der Waals surface area contributed by atoms with Crippen molar-refractivity contribution >= 4 is 11.8 Å². The van der Waals surface area contributed by atoms with E-state index < -0.39 is 0 Å². The number of hydrogen-bond donors (Lipinski definition) is 0. The fourth-order valence-corrected chi connectivity index (χ4v) is 3.33. The maximum Gasteiger partial charge on any atom is 0.143 e. The highest BCUT2D eigenvalue weighted by molar-refractivity contribution is 5.67. The average Bonchev–Trinajstić information content (AvgIpc) is 2.91. The summed E-state index contributed by atoms with van der Waals surface area (Å²) in [6.45, 7) is 2.84. The van der Waals surface area contributed by atoms with Crippen LogP contribution in [0.4, 0.5) is 5.69 Å². The Hall–Kier alpha value is -2.16. The average molecular weight is 280 g/mol. The van der Waals surface area contributed by atoms with Gasteiger partial charge in [-0.2, -0.15) is 0 Å². The van der Waals surface area contributed by atoms with Gasteiger partial charge in [0.15, 0.2) is 0 Å². The summed E-state index contributed by atoms with van der Waals surface area (Å²) < 4.78 is 5.80. The van der Waals surface area contributed by atoms with E-state index in [0.717, 1.165) is 31.9 Å². The van der Waals surface area contributed by atoms with E-state index in [-0.39, 0.29) is 0 Å². The van der Waals surface area contributed by atoms with E-state index >= 15 is 0 Å². The molecule has 3 heteroatoms. The first-order valence-corrected chi connectivity index (χ1v) is 7.60. The highest BCUT2D eigenvalue weighted by Crippen LogP contribution is 2.34. The lowest BCUT2D eigenvalue weighted by molar-refractivity contribution is 0.311.